The van der Waals surface area contributed by atoms with Crippen LogP contribution >= 0.6 is 23.2 Å². The van der Waals surface area contributed by atoms with Crippen molar-refractivity contribution in [3.8, 4) is 11.6 Å². The Hall–Kier alpha value is -1.52. The molecule has 0 aliphatic heterocycles. The van der Waals surface area contributed by atoms with Crippen molar-refractivity contribution in [3.63, 3.8) is 0 Å². The van der Waals surface area contributed by atoms with Gasteiger partial charge in [0.25, 0.3) is 0 Å². The van der Waals surface area contributed by atoms with Gasteiger partial charge in [0.15, 0.2) is 0 Å². The van der Waals surface area contributed by atoms with Gasteiger partial charge in [0.2, 0.25) is 5.88 Å². The van der Waals surface area contributed by atoms with Crippen LogP contribution in [0, 0.1) is 0 Å². The first-order chi connectivity index (χ1) is 7.66. The van der Waals surface area contributed by atoms with E-state index in [1.807, 2.05) is 0 Å². The lowest BCUT2D eigenvalue weighted by Gasteiger charge is -2.07. The lowest BCUT2D eigenvalue weighted by atomic mass is 10.3. The van der Waals surface area contributed by atoms with E-state index in [1.165, 1.54) is 12.5 Å². The molecule has 0 atom stereocenters. The molecule has 2 aromatic rings. The third-order valence-corrected chi connectivity index (χ3v) is 2.37. The number of benzene rings is 1. The lowest BCUT2D eigenvalue weighted by Crippen LogP contribution is -1.92. The van der Waals surface area contributed by atoms with Crippen LogP contribution in [-0.2, 0) is 0 Å². The summed E-state index contributed by atoms with van der Waals surface area (Å²) < 4.78 is 5.43. The molecule has 0 aliphatic rings. The van der Waals surface area contributed by atoms with Crippen LogP contribution in [0.4, 0.5) is 5.69 Å². The van der Waals surface area contributed by atoms with E-state index in [1.54, 1.807) is 18.2 Å². The fourth-order valence-electron chi connectivity index (χ4n) is 1.08. The minimum absolute atomic E-state index is 0.240. The summed E-state index contributed by atoms with van der Waals surface area (Å²) >= 11 is 11.8. The molecule has 2 N–H and O–H groups in total. The average molecular weight is 256 g/mol. The largest absolute Gasteiger partial charge is 0.436 e. The third-order valence-electron chi connectivity index (χ3n) is 1.80. The highest BCUT2D eigenvalue weighted by atomic mass is 35.5. The Morgan fingerprint density at radius 3 is 2.75 bits per heavy atom. The predicted octanol–water partition coefficient (Wildman–Crippen LogP) is 3.16. The molecule has 0 saturated carbocycles. The number of anilines is 1. The smallest absolute Gasteiger partial charge is 0.241 e. The highest BCUT2D eigenvalue weighted by Gasteiger charge is 2.07. The molecule has 0 fully saturated rings. The molecule has 0 saturated heterocycles. The summed E-state index contributed by atoms with van der Waals surface area (Å²) in [5, 5.41) is 0.741. The fraction of sp³-hybridized carbons (Fsp3) is 0. The number of nitrogens with two attached hydrogens (primary N) is 1. The van der Waals surface area contributed by atoms with E-state index in [4.69, 9.17) is 33.7 Å². The second kappa shape index (κ2) is 4.55. The molecule has 82 valence electrons. The van der Waals surface area contributed by atoms with E-state index >= 15 is 0 Å². The van der Waals surface area contributed by atoms with Crippen LogP contribution in [0.1, 0.15) is 0 Å². The molecule has 0 amide bonds. The maximum Gasteiger partial charge on any atom is 0.241 e. The number of nitrogen functional groups attached to an aromatic ring is 1. The number of ether oxygens (including phenoxy) is 1. The van der Waals surface area contributed by atoms with Gasteiger partial charge >= 0.3 is 0 Å². The maximum atomic E-state index is 5.93. The molecule has 1 heterocycles. The van der Waals surface area contributed by atoms with E-state index in [0.29, 0.717) is 21.5 Å². The predicted molar refractivity (Wildman–Crippen MR) is 63.0 cm³/mol. The van der Waals surface area contributed by atoms with Crippen LogP contribution in [0.5, 0.6) is 11.6 Å². The summed E-state index contributed by atoms with van der Waals surface area (Å²) in [4.78, 5) is 7.63. The monoisotopic (exact) mass is 255 g/mol. The summed E-state index contributed by atoms with van der Waals surface area (Å²) in [6.07, 6.45) is 2.77. The van der Waals surface area contributed by atoms with Gasteiger partial charge in [-0.2, -0.15) is 0 Å². The van der Waals surface area contributed by atoms with Gasteiger partial charge in [-0.05, 0) is 12.1 Å². The molecule has 0 radical (unpaired) electrons. The normalized spacial score (nSPS) is 10.1. The summed E-state index contributed by atoms with van der Waals surface area (Å²) in [6, 6.07) is 4.92. The number of halogens is 2. The van der Waals surface area contributed by atoms with Gasteiger partial charge < -0.3 is 10.5 Å². The van der Waals surface area contributed by atoms with E-state index in [-0.39, 0.29) is 5.88 Å². The number of hydrogen-bond donors (Lipinski definition) is 1. The first-order valence-electron chi connectivity index (χ1n) is 4.35. The van der Waals surface area contributed by atoms with E-state index in [0.717, 1.165) is 0 Å². The zero-order valence-corrected chi connectivity index (χ0v) is 9.53. The van der Waals surface area contributed by atoms with Crippen LogP contribution in [0.15, 0.2) is 30.7 Å². The molecule has 0 aliphatic carbocycles. The highest BCUT2D eigenvalue weighted by Crippen LogP contribution is 2.32. The Morgan fingerprint density at radius 2 is 2.00 bits per heavy atom. The summed E-state index contributed by atoms with van der Waals surface area (Å²) in [6.45, 7) is 0. The molecule has 0 unspecified atom stereocenters. The van der Waals surface area contributed by atoms with Crippen molar-refractivity contribution in [3.05, 3.63) is 40.8 Å². The molecule has 4 nitrogen and oxygen atoms in total. The second-order valence-electron chi connectivity index (χ2n) is 2.97. The topological polar surface area (TPSA) is 61.0 Å². The second-order valence-corrected chi connectivity index (χ2v) is 3.78. The van der Waals surface area contributed by atoms with Crippen LogP contribution in [0.25, 0.3) is 0 Å². The first kappa shape index (κ1) is 11.0. The molecule has 0 bridgehead atoms. The van der Waals surface area contributed by atoms with Crippen LogP contribution in [-0.4, -0.2) is 9.97 Å². The highest BCUT2D eigenvalue weighted by molar-refractivity contribution is 6.32. The molecular formula is C10H7Cl2N3O. The summed E-state index contributed by atoms with van der Waals surface area (Å²) in [7, 11) is 0. The zero-order valence-electron chi connectivity index (χ0n) is 8.02. The van der Waals surface area contributed by atoms with Crippen molar-refractivity contribution >= 4 is 28.9 Å². The van der Waals surface area contributed by atoms with Crippen LogP contribution in [0.2, 0.25) is 10.0 Å². The Kier molecular flexibility index (Phi) is 3.12. The number of hydrogen-bond acceptors (Lipinski definition) is 4. The first-order valence-corrected chi connectivity index (χ1v) is 5.11. The van der Waals surface area contributed by atoms with Gasteiger partial charge in [-0.15, -0.1) is 0 Å². The molecule has 0 spiro atoms. The quantitative estimate of drug-likeness (QED) is 0.838. The van der Waals surface area contributed by atoms with E-state index in [2.05, 4.69) is 9.97 Å². The molecule has 2 rings (SSSR count). The van der Waals surface area contributed by atoms with Gasteiger partial charge in [0, 0.05) is 11.8 Å². The van der Waals surface area contributed by atoms with Gasteiger partial charge in [-0.1, -0.05) is 23.2 Å². The summed E-state index contributed by atoms with van der Waals surface area (Å²) in [5.41, 5.74) is 6.16. The fourth-order valence-corrected chi connectivity index (χ4v) is 1.38. The van der Waals surface area contributed by atoms with Gasteiger partial charge in [0.05, 0.1) is 11.2 Å². The van der Waals surface area contributed by atoms with Gasteiger partial charge in [-0.3, -0.25) is 0 Å². The minimum atomic E-state index is 0.240. The Balaban J connectivity index is 2.34. The molecule has 16 heavy (non-hydrogen) atoms. The van der Waals surface area contributed by atoms with Crippen molar-refractivity contribution in [2.75, 3.05) is 5.73 Å². The van der Waals surface area contributed by atoms with Crippen LogP contribution < -0.4 is 10.5 Å². The van der Waals surface area contributed by atoms with Crippen molar-refractivity contribution in [1.82, 2.24) is 9.97 Å². The van der Waals surface area contributed by atoms with Crippen molar-refractivity contribution in [2.45, 2.75) is 0 Å². The Morgan fingerprint density at radius 1 is 1.19 bits per heavy atom. The van der Waals surface area contributed by atoms with Gasteiger partial charge in [-0.25, -0.2) is 9.97 Å². The minimum Gasteiger partial charge on any atom is -0.436 e. The maximum absolute atomic E-state index is 5.93. The average Bonchev–Trinajstić information content (AvgIpc) is 2.27. The van der Waals surface area contributed by atoms with Crippen LogP contribution in [0.3, 0.4) is 0 Å². The van der Waals surface area contributed by atoms with Gasteiger partial charge in [0.1, 0.15) is 17.1 Å². The van der Waals surface area contributed by atoms with E-state index in [9.17, 15) is 0 Å². The standard InChI is InChI=1S/C10H7Cl2N3O/c11-7-2-1-6(13)3-9(7)16-10-8(12)4-14-5-15-10/h1-5H,13H2. The number of nitrogens with zero attached hydrogens (tertiary/aromatic N) is 2. The Bertz CT molecular complexity index is 519. The van der Waals surface area contributed by atoms with Crippen molar-refractivity contribution in [2.24, 2.45) is 0 Å². The van der Waals surface area contributed by atoms with Crippen molar-refractivity contribution in [1.29, 1.82) is 0 Å². The third kappa shape index (κ3) is 2.35. The van der Waals surface area contributed by atoms with Crippen molar-refractivity contribution < 1.29 is 4.74 Å². The number of rotatable bonds is 2. The summed E-state index contributed by atoms with van der Waals surface area (Å²) in [5.74, 6) is 0.645. The lowest BCUT2D eigenvalue weighted by molar-refractivity contribution is 0.462. The molecule has 6 heteroatoms. The zero-order chi connectivity index (χ0) is 11.5. The molecule has 1 aromatic heterocycles. The molecular weight excluding hydrogens is 249 g/mol. The SMILES string of the molecule is Nc1ccc(Cl)c(Oc2ncncc2Cl)c1. The Labute approximate surface area is 102 Å². The van der Waals surface area contributed by atoms with E-state index < -0.39 is 0 Å². The number of aromatic nitrogens is 2. The molecule has 1 aromatic carbocycles.